The number of rotatable bonds is 5. The molecule has 2 amide bonds. The summed E-state index contributed by atoms with van der Waals surface area (Å²) < 4.78 is 5.34. The van der Waals surface area contributed by atoms with Gasteiger partial charge in [0.15, 0.2) is 0 Å². The Kier molecular flexibility index (Phi) is 6.28. The van der Waals surface area contributed by atoms with Crippen molar-refractivity contribution in [3.63, 3.8) is 0 Å². The maximum Gasteiger partial charge on any atom is 0.329 e. The van der Waals surface area contributed by atoms with E-state index in [2.05, 4.69) is 15.8 Å². The minimum Gasteiger partial charge on any atom is -0.494 e. The van der Waals surface area contributed by atoms with Crippen molar-refractivity contribution in [1.29, 1.82) is 0 Å². The van der Waals surface area contributed by atoms with Gasteiger partial charge in [0.2, 0.25) is 0 Å². The highest BCUT2D eigenvalue weighted by atomic mass is 16.5. The molecule has 0 heterocycles. The van der Waals surface area contributed by atoms with Gasteiger partial charge in [0.05, 0.1) is 12.8 Å². The van der Waals surface area contributed by atoms with E-state index in [0.717, 1.165) is 22.4 Å². The molecule has 130 valence electrons. The second-order valence-electron chi connectivity index (χ2n) is 5.47. The van der Waals surface area contributed by atoms with Crippen molar-refractivity contribution in [2.24, 2.45) is 5.10 Å². The molecule has 0 atom stereocenters. The Bertz CT molecular complexity index is 783. The van der Waals surface area contributed by atoms with E-state index in [1.165, 1.54) is 6.21 Å². The average Bonchev–Trinajstić information content (AvgIpc) is 2.59. The SMILES string of the molecule is CCOc1ccc(/C=N\NC(=O)C(=O)Nc2cc(C)ccc2C)cc1. The highest BCUT2D eigenvalue weighted by molar-refractivity contribution is 6.39. The van der Waals surface area contributed by atoms with Crippen LogP contribution < -0.4 is 15.5 Å². The van der Waals surface area contributed by atoms with Crippen LogP contribution in [-0.4, -0.2) is 24.6 Å². The van der Waals surface area contributed by atoms with Gasteiger partial charge in [-0.3, -0.25) is 9.59 Å². The molecule has 0 aromatic heterocycles. The summed E-state index contributed by atoms with van der Waals surface area (Å²) in [6.45, 7) is 6.28. The van der Waals surface area contributed by atoms with Crippen molar-refractivity contribution in [1.82, 2.24) is 5.43 Å². The zero-order valence-corrected chi connectivity index (χ0v) is 14.5. The summed E-state index contributed by atoms with van der Waals surface area (Å²) in [4.78, 5) is 23.7. The van der Waals surface area contributed by atoms with Gasteiger partial charge in [-0.1, -0.05) is 12.1 Å². The zero-order valence-electron chi connectivity index (χ0n) is 14.5. The Morgan fingerprint density at radius 3 is 2.48 bits per heavy atom. The molecule has 2 rings (SSSR count). The molecule has 6 nitrogen and oxygen atoms in total. The molecule has 0 aliphatic heterocycles. The lowest BCUT2D eigenvalue weighted by molar-refractivity contribution is -0.136. The van der Waals surface area contributed by atoms with Crippen LogP contribution in [0.5, 0.6) is 5.75 Å². The second-order valence-corrected chi connectivity index (χ2v) is 5.47. The number of benzene rings is 2. The minimum atomic E-state index is -0.830. The Labute approximate surface area is 146 Å². The molecule has 0 fully saturated rings. The monoisotopic (exact) mass is 339 g/mol. The number of hydrogen-bond acceptors (Lipinski definition) is 4. The van der Waals surface area contributed by atoms with Crippen LogP contribution in [0.15, 0.2) is 47.6 Å². The van der Waals surface area contributed by atoms with Crippen molar-refractivity contribution in [2.45, 2.75) is 20.8 Å². The van der Waals surface area contributed by atoms with E-state index in [-0.39, 0.29) is 0 Å². The number of hydrogen-bond donors (Lipinski definition) is 2. The quantitative estimate of drug-likeness (QED) is 0.499. The molecule has 2 aromatic rings. The number of amides is 2. The number of anilines is 1. The van der Waals surface area contributed by atoms with E-state index in [0.29, 0.717) is 12.3 Å². The van der Waals surface area contributed by atoms with Gasteiger partial charge in [0, 0.05) is 5.69 Å². The van der Waals surface area contributed by atoms with Gasteiger partial charge in [0.25, 0.3) is 0 Å². The summed E-state index contributed by atoms with van der Waals surface area (Å²) in [5, 5.41) is 6.37. The zero-order chi connectivity index (χ0) is 18.2. The Hall–Kier alpha value is -3.15. The van der Waals surface area contributed by atoms with Crippen LogP contribution in [0.4, 0.5) is 5.69 Å². The van der Waals surface area contributed by atoms with Gasteiger partial charge < -0.3 is 10.1 Å². The lowest BCUT2D eigenvalue weighted by atomic mass is 10.1. The summed E-state index contributed by atoms with van der Waals surface area (Å²) >= 11 is 0. The second kappa shape index (κ2) is 8.63. The molecular weight excluding hydrogens is 318 g/mol. The summed E-state index contributed by atoms with van der Waals surface area (Å²) in [5.74, 6) is -0.836. The number of carbonyl (C=O) groups is 2. The van der Waals surface area contributed by atoms with Crippen LogP contribution in [0.2, 0.25) is 0 Å². The lowest BCUT2D eigenvalue weighted by Crippen LogP contribution is -2.32. The molecule has 0 saturated heterocycles. The lowest BCUT2D eigenvalue weighted by Gasteiger charge is -2.08. The minimum absolute atomic E-state index is 0.596. The van der Waals surface area contributed by atoms with Gasteiger partial charge >= 0.3 is 11.8 Å². The van der Waals surface area contributed by atoms with Crippen LogP contribution in [0.1, 0.15) is 23.6 Å². The first-order valence-corrected chi connectivity index (χ1v) is 7.94. The predicted molar refractivity (Wildman–Crippen MR) is 97.9 cm³/mol. The number of carbonyl (C=O) groups excluding carboxylic acids is 2. The topological polar surface area (TPSA) is 79.8 Å². The maximum atomic E-state index is 11.9. The number of nitrogens with zero attached hydrogens (tertiary/aromatic N) is 1. The summed E-state index contributed by atoms with van der Waals surface area (Å²) in [6.07, 6.45) is 1.46. The van der Waals surface area contributed by atoms with Gasteiger partial charge in [-0.05, 0) is 67.8 Å². The third-order valence-electron chi connectivity index (χ3n) is 3.42. The number of nitrogens with one attached hydrogen (secondary N) is 2. The molecule has 2 N–H and O–H groups in total. The van der Waals surface area contributed by atoms with Crippen molar-refractivity contribution < 1.29 is 14.3 Å². The first-order valence-electron chi connectivity index (χ1n) is 7.94. The molecule has 0 radical (unpaired) electrons. The number of ether oxygens (including phenoxy) is 1. The van der Waals surface area contributed by atoms with E-state index in [4.69, 9.17) is 4.74 Å². The highest BCUT2D eigenvalue weighted by Crippen LogP contribution is 2.16. The molecule has 0 unspecified atom stereocenters. The third-order valence-corrected chi connectivity index (χ3v) is 3.42. The van der Waals surface area contributed by atoms with E-state index < -0.39 is 11.8 Å². The molecule has 0 aliphatic rings. The Balaban J connectivity index is 1.90. The molecule has 0 aliphatic carbocycles. The van der Waals surface area contributed by atoms with E-state index in [1.54, 1.807) is 24.3 Å². The number of hydrazone groups is 1. The van der Waals surface area contributed by atoms with Crippen LogP contribution in [0.3, 0.4) is 0 Å². The van der Waals surface area contributed by atoms with Crippen molar-refractivity contribution in [3.8, 4) is 5.75 Å². The van der Waals surface area contributed by atoms with Gasteiger partial charge in [-0.2, -0.15) is 5.10 Å². The normalized spacial score (nSPS) is 10.5. The summed E-state index contributed by atoms with van der Waals surface area (Å²) in [6, 6.07) is 12.8. The highest BCUT2D eigenvalue weighted by Gasteiger charge is 2.13. The molecule has 0 bridgehead atoms. The first kappa shape index (κ1) is 18.2. The van der Waals surface area contributed by atoms with E-state index in [9.17, 15) is 9.59 Å². The molecule has 6 heteroatoms. The van der Waals surface area contributed by atoms with Crippen molar-refractivity contribution in [2.75, 3.05) is 11.9 Å². The number of aryl methyl sites for hydroxylation is 2. The smallest absolute Gasteiger partial charge is 0.329 e. The Morgan fingerprint density at radius 2 is 1.80 bits per heavy atom. The van der Waals surface area contributed by atoms with Crippen LogP contribution in [0, 0.1) is 13.8 Å². The summed E-state index contributed by atoms with van der Waals surface area (Å²) in [7, 11) is 0. The Morgan fingerprint density at radius 1 is 1.08 bits per heavy atom. The van der Waals surface area contributed by atoms with E-state index >= 15 is 0 Å². The molecule has 2 aromatic carbocycles. The van der Waals surface area contributed by atoms with Crippen LogP contribution in [-0.2, 0) is 9.59 Å². The maximum absolute atomic E-state index is 11.9. The summed E-state index contributed by atoms with van der Waals surface area (Å²) in [5.41, 5.74) is 5.47. The predicted octanol–water partition coefficient (Wildman–Crippen LogP) is 2.79. The average molecular weight is 339 g/mol. The van der Waals surface area contributed by atoms with Crippen molar-refractivity contribution >= 4 is 23.7 Å². The fourth-order valence-corrected chi connectivity index (χ4v) is 2.08. The fourth-order valence-electron chi connectivity index (χ4n) is 2.08. The van der Waals surface area contributed by atoms with Gasteiger partial charge in [-0.15, -0.1) is 0 Å². The largest absolute Gasteiger partial charge is 0.494 e. The van der Waals surface area contributed by atoms with Crippen LogP contribution >= 0.6 is 0 Å². The fraction of sp³-hybridized carbons (Fsp3) is 0.211. The molecule has 25 heavy (non-hydrogen) atoms. The first-order chi connectivity index (χ1) is 12.0. The van der Waals surface area contributed by atoms with Gasteiger partial charge in [-0.25, -0.2) is 5.43 Å². The van der Waals surface area contributed by atoms with E-state index in [1.807, 2.05) is 39.0 Å². The van der Waals surface area contributed by atoms with Crippen molar-refractivity contribution in [3.05, 3.63) is 59.2 Å². The van der Waals surface area contributed by atoms with Crippen LogP contribution in [0.25, 0.3) is 0 Å². The van der Waals surface area contributed by atoms with Gasteiger partial charge in [0.1, 0.15) is 5.75 Å². The molecule has 0 saturated carbocycles. The molecular formula is C19H21N3O3. The molecule has 0 spiro atoms. The third kappa shape index (κ3) is 5.46. The standard InChI is InChI=1S/C19H21N3O3/c1-4-25-16-9-7-15(8-10-16)12-20-22-19(24)18(23)21-17-11-13(2)5-6-14(17)3/h5-12H,4H2,1-3H3,(H,21,23)(H,22,24)/b20-12-.